The Kier molecular flexibility index (Phi) is 5.21. The highest BCUT2D eigenvalue weighted by atomic mass is 16.4. The molecule has 1 aromatic heterocycles. The van der Waals surface area contributed by atoms with Crippen LogP contribution in [0.1, 0.15) is 34.8 Å². The van der Waals surface area contributed by atoms with Crippen LogP contribution in [0.5, 0.6) is 0 Å². The quantitative estimate of drug-likeness (QED) is 0.757. The topological polar surface area (TPSA) is 63.7 Å². The number of nitrogens with zero attached hydrogens (tertiary/aromatic N) is 3. The van der Waals surface area contributed by atoms with Crippen molar-refractivity contribution in [1.29, 1.82) is 0 Å². The number of carbonyl (C=O) groups excluding carboxylic acids is 1. The fraction of sp³-hybridized carbons (Fsp3) is 0.318. The predicted octanol–water partition coefficient (Wildman–Crippen LogP) is 2.15. The van der Waals surface area contributed by atoms with Crippen LogP contribution in [-0.4, -0.2) is 47.2 Å². The van der Waals surface area contributed by atoms with Gasteiger partial charge in [-0.1, -0.05) is 35.9 Å². The SMILES string of the molecule is Cc1cccc(-c2nnc([C@@H](C)[NH+]3CCN(C(=O)c4ccccc4)CC3)o2)c1. The third-order valence-corrected chi connectivity index (χ3v) is 5.40. The summed E-state index contributed by atoms with van der Waals surface area (Å²) >= 11 is 0. The molecule has 2 heterocycles. The van der Waals surface area contributed by atoms with Crippen LogP contribution in [0.3, 0.4) is 0 Å². The molecule has 28 heavy (non-hydrogen) atoms. The minimum atomic E-state index is 0.0973. The molecule has 1 amide bonds. The second-order valence-corrected chi connectivity index (χ2v) is 7.35. The van der Waals surface area contributed by atoms with Crippen molar-refractivity contribution in [3.63, 3.8) is 0 Å². The van der Waals surface area contributed by atoms with Crippen LogP contribution < -0.4 is 4.90 Å². The molecular weight excluding hydrogens is 352 g/mol. The molecule has 2 aromatic carbocycles. The first kappa shape index (κ1) is 18.4. The van der Waals surface area contributed by atoms with Crippen LogP contribution in [0, 0.1) is 6.92 Å². The number of benzene rings is 2. The maximum absolute atomic E-state index is 12.6. The number of nitrogens with one attached hydrogen (secondary N) is 1. The first-order valence-electron chi connectivity index (χ1n) is 9.71. The van der Waals surface area contributed by atoms with Gasteiger partial charge in [-0.3, -0.25) is 4.79 Å². The number of piperazine rings is 1. The monoisotopic (exact) mass is 377 g/mol. The molecule has 1 fully saturated rings. The Morgan fingerprint density at radius 3 is 2.54 bits per heavy atom. The van der Waals surface area contributed by atoms with Crippen LogP contribution in [0.4, 0.5) is 0 Å². The van der Waals surface area contributed by atoms with Crippen LogP contribution in [0.25, 0.3) is 11.5 Å². The summed E-state index contributed by atoms with van der Waals surface area (Å²) in [7, 11) is 0. The van der Waals surface area contributed by atoms with E-state index in [1.54, 1.807) is 0 Å². The van der Waals surface area contributed by atoms with Gasteiger partial charge in [-0.15, -0.1) is 10.2 Å². The fourth-order valence-electron chi connectivity index (χ4n) is 3.67. The molecule has 0 aliphatic carbocycles. The minimum Gasteiger partial charge on any atom is -0.415 e. The lowest BCUT2D eigenvalue weighted by Gasteiger charge is -2.34. The average Bonchev–Trinajstić information content (AvgIpc) is 3.24. The summed E-state index contributed by atoms with van der Waals surface area (Å²) in [5, 5.41) is 8.51. The summed E-state index contributed by atoms with van der Waals surface area (Å²) in [5.41, 5.74) is 2.85. The Morgan fingerprint density at radius 2 is 1.82 bits per heavy atom. The van der Waals surface area contributed by atoms with E-state index in [-0.39, 0.29) is 11.9 Å². The van der Waals surface area contributed by atoms with Gasteiger partial charge in [0.15, 0.2) is 6.04 Å². The molecular formula is C22H25N4O2+. The highest BCUT2D eigenvalue weighted by molar-refractivity contribution is 5.94. The van der Waals surface area contributed by atoms with Gasteiger partial charge in [-0.25, -0.2) is 0 Å². The van der Waals surface area contributed by atoms with Gasteiger partial charge < -0.3 is 14.2 Å². The number of amides is 1. The van der Waals surface area contributed by atoms with Crippen LogP contribution in [0.15, 0.2) is 59.0 Å². The molecule has 1 aliphatic rings. The number of hydrogen-bond donors (Lipinski definition) is 1. The van der Waals surface area contributed by atoms with Gasteiger partial charge in [0.2, 0.25) is 5.89 Å². The van der Waals surface area contributed by atoms with E-state index in [1.807, 2.05) is 66.4 Å². The molecule has 144 valence electrons. The fourth-order valence-corrected chi connectivity index (χ4v) is 3.67. The summed E-state index contributed by atoms with van der Waals surface area (Å²) in [5.74, 6) is 1.31. The number of hydrogen-bond acceptors (Lipinski definition) is 4. The van der Waals surface area contributed by atoms with Gasteiger partial charge in [-0.2, -0.15) is 0 Å². The average molecular weight is 377 g/mol. The number of aryl methyl sites for hydroxylation is 1. The first-order valence-corrected chi connectivity index (χ1v) is 9.71. The van der Waals surface area contributed by atoms with E-state index in [0.29, 0.717) is 11.8 Å². The van der Waals surface area contributed by atoms with Gasteiger partial charge >= 0.3 is 0 Å². The summed E-state index contributed by atoms with van der Waals surface area (Å²) in [6.45, 7) is 7.34. The van der Waals surface area contributed by atoms with Gasteiger partial charge in [0.25, 0.3) is 11.8 Å². The second-order valence-electron chi connectivity index (χ2n) is 7.35. The maximum Gasteiger partial charge on any atom is 0.274 e. The molecule has 1 aliphatic heterocycles. The molecule has 1 saturated heterocycles. The van der Waals surface area contributed by atoms with Crippen LogP contribution in [0.2, 0.25) is 0 Å². The van der Waals surface area contributed by atoms with Crippen molar-refractivity contribution in [3.05, 3.63) is 71.6 Å². The van der Waals surface area contributed by atoms with Crippen LogP contribution >= 0.6 is 0 Å². The van der Waals surface area contributed by atoms with E-state index in [9.17, 15) is 4.79 Å². The van der Waals surface area contributed by atoms with Crippen molar-refractivity contribution in [2.45, 2.75) is 19.9 Å². The van der Waals surface area contributed by atoms with Gasteiger partial charge in [0.1, 0.15) is 0 Å². The van der Waals surface area contributed by atoms with Crippen molar-refractivity contribution >= 4 is 5.91 Å². The zero-order valence-corrected chi connectivity index (χ0v) is 16.3. The second kappa shape index (κ2) is 7.94. The maximum atomic E-state index is 12.6. The van der Waals surface area contributed by atoms with Crippen molar-refractivity contribution in [3.8, 4) is 11.5 Å². The lowest BCUT2D eigenvalue weighted by atomic mass is 10.1. The van der Waals surface area contributed by atoms with E-state index in [4.69, 9.17) is 4.42 Å². The Balaban J connectivity index is 1.39. The first-order chi connectivity index (χ1) is 13.6. The van der Waals surface area contributed by atoms with Crippen molar-refractivity contribution in [2.24, 2.45) is 0 Å². The largest absolute Gasteiger partial charge is 0.415 e. The molecule has 3 aromatic rings. The molecule has 0 bridgehead atoms. The zero-order chi connectivity index (χ0) is 19.5. The smallest absolute Gasteiger partial charge is 0.274 e. The molecule has 0 radical (unpaired) electrons. The van der Waals surface area contributed by atoms with E-state index in [0.717, 1.165) is 42.9 Å². The standard InChI is InChI=1S/C22H24N4O2/c1-16-7-6-10-19(15-16)21-24-23-20(28-21)17(2)25-11-13-26(14-12-25)22(27)18-8-4-3-5-9-18/h3-10,15,17H,11-14H2,1-2H3/p+1/t17-/m1/s1. The summed E-state index contributed by atoms with van der Waals surface area (Å²) in [6, 6.07) is 17.6. The molecule has 6 heteroatoms. The zero-order valence-electron chi connectivity index (χ0n) is 16.3. The van der Waals surface area contributed by atoms with Crippen LogP contribution in [-0.2, 0) is 0 Å². The molecule has 0 saturated carbocycles. The predicted molar refractivity (Wildman–Crippen MR) is 106 cm³/mol. The van der Waals surface area contributed by atoms with E-state index < -0.39 is 0 Å². The number of aromatic nitrogens is 2. The highest BCUT2D eigenvalue weighted by Gasteiger charge is 2.31. The molecule has 6 nitrogen and oxygen atoms in total. The highest BCUT2D eigenvalue weighted by Crippen LogP contribution is 2.20. The molecule has 1 atom stereocenters. The van der Waals surface area contributed by atoms with E-state index in [1.165, 1.54) is 4.90 Å². The van der Waals surface area contributed by atoms with E-state index >= 15 is 0 Å². The summed E-state index contributed by atoms with van der Waals surface area (Å²) in [6.07, 6.45) is 0. The molecule has 0 unspecified atom stereocenters. The number of quaternary nitrogens is 1. The molecule has 4 rings (SSSR count). The molecule has 0 spiro atoms. The normalized spacial score (nSPS) is 16.1. The Hall–Kier alpha value is -2.99. The van der Waals surface area contributed by atoms with E-state index in [2.05, 4.69) is 17.1 Å². The van der Waals surface area contributed by atoms with Crippen molar-refractivity contribution in [1.82, 2.24) is 15.1 Å². The number of carbonyl (C=O) groups is 1. The van der Waals surface area contributed by atoms with Crippen molar-refractivity contribution < 1.29 is 14.1 Å². The Morgan fingerprint density at radius 1 is 1.07 bits per heavy atom. The Bertz CT molecular complexity index is 946. The van der Waals surface area contributed by atoms with Gasteiger partial charge in [0, 0.05) is 11.1 Å². The lowest BCUT2D eigenvalue weighted by Crippen LogP contribution is -3.14. The lowest BCUT2D eigenvalue weighted by molar-refractivity contribution is -0.934. The van der Waals surface area contributed by atoms with Crippen molar-refractivity contribution in [2.75, 3.05) is 26.2 Å². The van der Waals surface area contributed by atoms with Gasteiger partial charge in [-0.05, 0) is 38.1 Å². The third kappa shape index (κ3) is 3.82. The summed E-state index contributed by atoms with van der Waals surface area (Å²) < 4.78 is 5.96. The van der Waals surface area contributed by atoms with Gasteiger partial charge in [0.05, 0.1) is 26.2 Å². The minimum absolute atomic E-state index is 0.0973. The molecule has 1 N–H and O–H groups in total. The number of rotatable bonds is 4. The third-order valence-electron chi connectivity index (χ3n) is 5.40. The Labute approximate surface area is 164 Å². The summed E-state index contributed by atoms with van der Waals surface area (Å²) in [4.78, 5) is 15.9.